The van der Waals surface area contributed by atoms with Crippen molar-refractivity contribution in [3.8, 4) is 11.3 Å². The van der Waals surface area contributed by atoms with Crippen LogP contribution in [0.15, 0.2) is 24.3 Å². The summed E-state index contributed by atoms with van der Waals surface area (Å²) in [6.07, 6.45) is -2.79. The zero-order valence-corrected chi connectivity index (χ0v) is 16.6. The lowest BCUT2D eigenvalue weighted by molar-refractivity contribution is -0.137. The molecular formula is C20H21ClF3NO3. The van der Waals surface area contributed by atoms with Crippen LogP contribution in [-0.2, 0) is 22.2 Å². The fraction of sp³-hybridized carbons (Fsp3) is 0.450. The number of carbonyl (C=O) groups is 1. The maximum atomic E-state index is 13.2. The van der Waals surface area contributed by atoms with Gasteiger partial charge in [0.2, 0.25) is 0 Å². The largest absolute Gasteiger partial charge is 0.465 e. The minimum Gasteiger partial charge on any atom is -0.465 e. The zero-order valence-electron chi connectivity index (χ0n) is 15.8. The molecule has 4 nitrogen and oxygen atoms in total. The third-order valence-corrected chi connectivity index (χ3v) is 5.46. The van der Waals surface area contributed by atoms with Crippen molar-refractivity contribution in [2.45, 2.75) is 45.0 Å². The van der Waals surface area contributed by atoms with Crippen LogP contribution >= 0.6 is 11.6 Å². The summed E-state index contributed by atoms with van der Waals surface area (Å²) >= 11 is 6.25. The van der Waals surface area contributed by atoms with E-state index >= 15 is 0 Å². The number of ether oxygens (including phenoxy) is 2. The van der Waals surface area contributed by atoms with Crippen LogP contribution in [0.1, 0.15) is 41.4 Å². The molecule has 1 aromatic heterocycles. The normalized spacial score (nSPS) is 19.8. The van der Waals surface area contributed by atoms with Crippen molar-refractivity contribution < 1.29 is 27.4 Å². The molecule has 0 saturated carbocycles. The Morgan fingerprint density at radius 1 is 1.36 bits per heavy atom. The molecule has 152 valence electrons. The van der Waals surface area contributed by atoms with Crippen LogP contribution in [0.5, 0.6) is 0 Å². The van der Waals surface area contributed by atoms with Gasteiger partial charge in [-0.15, -0.1) is 0 Å². The Morgan fingerprint density at radius 3 is 2.64 bits per heavy atom. The van der Waals surface area contributed by atoms with Crippen molar-refractivity contribution >= 4 is 17.6 Å². The molecule has 0 radical (unpaired) electrons. The van der Waals surface area contributed by atoms with Crippen LogP contribution in [0.25, 0.3) is 11.3 Å². The summed E-state index contributed by atoms with van der Waals surface area (Å²) in [5.41, 5.74) is 0.224. The monoisotopic (exact) mass is 415 g/mol. The van der Waals surface area contributed by atoms with Crippen molar-refractivity contribution in [2.24, 2.45) is 0 Å². The highest BCUT2D eigenvalue weighted by molar-refractivity contribution is 6.33. The fourth-order valence-corrected chi connectivity index (χ4v) is 3.80. The molecule has 0 aliphatic carbocycles. The average Bonchev–Trinajstić information content (AvgIpc) is 3.19. The lowest BCUT2D eigenvalue weighted by Gasteiger charge is -2.26. The lowest BCUT2D eigenvalue weighted by Crippen LogP contribution is -2.30. The molecule has 1 atom stereocenters. The van der Waals surface area contributed by atoms with Gasteiger partial charge >= 0.3 is 12.1 Å². The number of methoxy groups -OCH3 is 1. The summed E-state index contributed by atoms with van der Waals surface area (Å²) in [4.78, 5) is 12.2. The van der Waals surface area contributed by atoms with Gasteiger partial charge in [-0.3, -0.25) is 0 Å². The molecule has 1 unspecified atom stereocenters. The number of rotatable bonds is 4. The Kier molecular flexibility index (Phi) is 5.51. The molecule has 28 heavy (non-hydrogen) atoms. The molecule has 2 heterocycles. The second-order valence-electron chi connectivity index (χ2n) is 7.20. The molecule has 8 heteroatoms. The van der Waals surface area contributed by atoms with Crippen molar-refractivity contribution in [1.29, 1.82) is 0 Å². The van der Waals surface area contributed by atoms with E-state index in [2.05, 4.69) is 0 Å². The molecule has 0 spiro atoms. The second kappa shape index (κ2) is 7.44. The zero-order chi connectivity index (χ0) is 20.7. The number of esters is 1. The van der Waals surface area contributed by atoms with E-state index in [9.17, 15) is 18.0 Å². The van der Waals surface area contributed by atoms with E-state index < -0.39 is 23.3 Å². The number of benzene rings is 1. The third-order valence-electron chi connectivity index (χ3n) is 5.13. The molecule has 1 saturated heterocycles. The van der Waals surface area contributed by atoms with E-state index in [-0.39, 0.29) is 16.1 Å². The fourth-order valence-electron chi connectivity index (χ4n) is 3.58. The number of nitrogens with zero attached hydrogens (tertiary/aromatic N) is 1. The van der Waals surface area contributed by atoms with Gasteiger partial charge in [-0.25, -0.2) is 4.79 Å². The Labute approximate surface area is 166 Å². The van der Waals surface area contributed by atoms with Gasteiger partial charge in [0.05, 0.1) is 36.1 Å². The van der Waals surface area contributed by atoms with Gasteiger partial charge in [0.15, 0.2) is 0 Å². The highest BCUT2D eigenvalue weighted by Crippen LogP contribution is 2.39. The lowest BCUT2D eigenvalue weighted by atomic mass is 10.0. The van der Waals surface area contributed by atoms with E-state index in [1.165, 1.54) is 19.2 Å². The van der Waals surface area contributed by atoms with Gasteiger partial charge < -0.3 is 14.0 Å². The van der Waals surface area contributed by atoms with E-state index in [1.807, 2.05) is 6.92 Å². The molecule has 1 aromatic carbocycles. The SMILES string of the molecule is COC(=O)c1cc(-c2cc(C(F)(F)F)ccc2Cl)n(CC2(C)CCCO2)c1C. The standard InChI is InChI=1S/C20H21ClF3NO3/c1-12-14(18(26)27-3)10-17(25(12)11-19(2)7-4-8-28-19)15-9-13(20(22,23)24)5-6-16(15)21/h5-6,9-10H,4,7-8,11H2,1-3H3. The second-order valence-corrected chi connectivity index (χ2v) is 7.61. The van der Waals surface area contributed by atoms with Crippen LogP contribution in [0, 0.1) is 6.92 Å². The molecule has 2 aromatic rings. The summed E-state index contributed by atoms with van der Waals surface area (Å²) in [7, 11) is 1.26. The molecule has 1 aliphatic rings. The Hall–Kier alpha value is -1.99. The minimum atomic E-state index is -4.50. The van der Waals surface area contributed by atoms with Gasteiger partial charge in [-0.05, 0) is 51.0 Å². The highest BCUT2D eigenvalue weighted by atomic mass is 35.5. The summed E-state index contributed by atoms with van der Waals surface area (Å²) < 4.78 is 52.1. The first-order valence-corrected chi connectivity index (χ1v) is 9.23. The van der Waals surface area contributed by atoms with Crippen molar-refractivity contribution in [3.05, 3.63) is 46.1 Å². The maximum absolute atomic E-state index is 13.2. The predicted octanol–water partition coefficient (Wildman–Crippen LogP) is 5.49. The smallest absolute Gasteiger partial charge is 0.416 e. The molecule has 0 bridgehead atoms. The van der Waals surface area contributed by atoms with E-state index in [4.69, 9.17) is 21.1 Å². The summed E-state index contributed by atoms with van der Waals surface area (Å²) in [6.45, 7) is 4.70. The summed E-state index contributed by atoms with van der Waals surface area (Å²) in [6, 6.07) is 4.69. The van der Waals surface area contributed by atoms with Crippen LogP contribution in [0.2, 0.25) is 5.02 Å². The quantitative estimate of drug-likeness (QED) is 0.620. The molecule has 0 amide bonds. The van der Waals surface area contributed by atoms with Gasteiger partial charge in [0, 0.05) is 22.9 Å². The van der Waals surface area contributed by atoms with E-state index in [0.29, 0.717) is 24.5 Å². The van der Waals surface area contributed by atoms with Crippen molar-refractivity contribution in [1.82, 2.24) is 4.57 Å². The Bertz CT molecular complexity index is 899. The maximum Gasteiger partial charge on any atom is 0.416 e. The molecular weight excluding hydrogens is 395 g/mol. The topological polar surface area (TPSA) is 40.5 Å². The van der Waals surface area contributed by atoms with Gasteiger partial charge in [-0.1, -0.05) is 11.6 Å². The van der Waals surface area contributed by atoms with Crippen LogP contribution in [0.3, 0.4) is 0 Å². The Balaban J connectivity index is 2.18. The number of halogens is 4. The molecule has 1 fully saturated rings. The van der Waals surface area contributed by atoms with Crippen LogP contribution in [-0.4, -0.2) is 29.9 Å². The third kappa shape index (κ3) is 3.91. The van der Waals surface area contributed by atoms with Crippen LogP contribution in [0.4, 0.5) is 13.2 Å². The number of carbonyl (C=O) groups excluding carboxylic acids is 1. The first kappa shape index (κ1) is 20.7. The van der Waals surface area contributed by atoms with Crippen molar-refractivity contribution in [3.63, 3.8) is 0 Å². The van der Waals surface area contributed by atoms with Gasteiger partial charge in [0.25, 0.3) is 0 Å². The molecule has 3 rings (SSSR count). The number of hydrogen-bond donors (Lipinski definition) is 0. The van der Waals surface area contributed by atoms with Gasteiger partial charge in [-0.2, -0.15) is 13.2 Å². The highest BCUT2D eigenvalue weighted by Gasteiger charge is 2.34. The molecule has 0 N–H and O–H groups in total. The summed E-state index contributed by atoms with van der Waals surface area (Å²) in [5.74, 6) is -0.557. The van der Waals surface area contributed by atoms with Crippen molar-refractivity contribution in [2.75, 3.05) is 13.7 Å². The minimum absolute atomic E-state index is 0.167. The predicted molar refractivity (Wildman–Crippen MR) is 99.5 cm³/mol. The number of aromatic nitrogens is 1. The summed E-state index contributed by atoms with van der Waals surface area (Å²) in [5, 5.41) is 0.167. The van der Waals surface area contributed by atoms with Gasteiger partial charge in [0.1, 0.15) is 0 Å². The van der Waals surface area contributed by atoms with Crippen LogP contribution < -0.4 is 0 Å². The molecule has 1 aliphatic heterocycles. The van der Waals surface area contributed by atoms with E-state index in [0.717, 1.165) is 25.0 Å². The van der Waals surface area contributed by atoms with E-state index in [1.54, 1.807) is 11.5 Å². The first-order valence-electron chi connectivity index (χ1n) is 8.85. The number of alkyl halides is 3. The number of hydrogen-bond acceptors (Lipinski definition) is 3. The Morgan fingerprint density at radius 2 is 2.07 bits per heavy atom. The average molecular weight is 416 g/mol. The first-order chi connectivity index (χ1) is 13.1.